The molecule has 0 heterocycles. The summed E-state index contributed by atoms with van der Waals surface area (Å²) < 4.78 is 31.8. The van der Waals surface area contributed by atoms with Crippen molar-refractivity contribution in [3.8, 4) is 11.5 Å². The van der Waals surface area contributed by atoms with Crippen LogP contribution in [0, 0.1) is 6.92 Å². The zero-order valence-electron chi connectivity index (χ0n) is 18.5. The third-order valence-electron chi connectivity index (χ3n) is 4.93. The molecule has 0 unspecified atom stereocenters. The largest absolute Gasteiger partial charge is 0.504 e. The standard InChI is InChI=1S/C24H25N3O5S/c1-17-4-11-21(12-5-17)33(30,31)27(2)16-18-6-9-20(10-7-18)24(29)26-25-15-19-8-13-22(28)23(14-19)32-3/h4-15,28H,16H2,1-3H3,(H,26,29). The minimum Gasteiger partial charge on any atom is -0.504 e. The van der Waals surface area contributed by atoms with Crippen LogP contribution in [0.3, 0.4) is 0 Å². The monoisotopic (exact) mass is 467 g/mol. The van der Waals surface area contributed by atoms with E-state index in [1.807, 2.05) is 6.92 Å². The molecular weight excluding hydrogens is 442 g/mol. The quantitative estimate of drug-likeness (QED) is 0.390. The van der Waals surface area contributed by atoms with Crippen molar-refractivity contribution in [2.45, 2.75) is 18.4 Å². The van der Waals surface area contributed by atoms with Gasteiger partial charge in [-0.05, 0) is 60.5 Å². The van der Waals surface area contributed by atoms with Crippen LogP contribution in [0.5, 0.6) is 11.5 Å². The van der Waals surface area contributed by atoms with Gasteiger partial charge in [-0.3, -0.25) is 4.79 Å². The molecule has 172 valence electrons. The molecule has 9 heteroatoms. The highest BCUT2D eigenvalue weighted by Crippen LogP contribution is 2.25. The number of phenolic OH excluding ortho intramolecular Hbond substituents is 1. The Morgan fingerprint density at radius 2 is 1.76 bits per heavy atom. The first kappa shape index (κ1) is 24.0. The summed E-state index contributed by atoms with van der Waals surface area (Å²) in [4.78, 5) is 12.6. The Hall–Kier alpha value is -3.69. The number of nitrogens with one attached hydrogen (secondary N) is 1. The summed E-state index contributed by atoms with van der Waals surface area (Å²) in [6, 6.07) is 18.0. The van der Waals surface area contributed by atoms with Crippen LogP contribution in [0.1, 0.15) is 27.0 Å². The zero-order valence-corrected chi connectivity index (χ0v) is 19.3. The SMILES string of the molecule is COc1cc(C=NNC(=O)c2ccc(CN(C)S(=O)(=O)c3ccc(C)cc3)cc2)ccc1O. The van der Waals surface area contributed by atoms with Crippen molar-refractivity contribution in [2.24, 2.45) is 5.10 Å². The lowest BCUT2D eigenvalue weighted by Gasteiger charge is -2.17. The maximum absolute atomic E-state index is 12.7. The number of hydrogen-bond acceptors (Lipinski definition) is 6. The fourth-order valence-corrected chi connectivity index (χ4v) is 4.16. The molecule has 0 saturated carbocycles. The summed E-state index contributed by atoms with van der Waals surface area (Å²) in [5.74, 6) is -0.101. The fraction of sp³-hybridized carbons (Fsp3) is 0.167. The Labute approximate surface area is 193 Å². The zero-order chi connectivity index (χ0) is 24.0. The molecular formula is C24H25N3O5S. The molecule has 0 aliphatic rings. The van der Waals surface area contributed by atoms with Gasteiger partial charge in [-0.15, -0.1) is 0 Å². The van der Waals surface area contributed by atoms with Gasteiger partial charge in [0.05, 0.1) is 18.2 Å². The molecule has 0 saturated heterocycles. The number of aromatic hydroxyl groups is 1. The van der Waals surface area contributed by atoms with Crippen LogP contribution >= 0.6 is 0 Å². The lowest BCUT2D eigenvalue weighted by atomic mass is 10.1. The average Bonchev–Trinajstić information content (AvgIpc) is 2.80. The smallest absolute Gasteiger partial charge is 0.271 e. The molecule has 8 nitrogen and oxygen atoms in total. The molecule has 1 amide bonds. The van der Waals surface area contributed by atoms with Crippen LogP contribution in [-0.2, 0) is 16.6 Å². The molecule has 0 spiro atoms. The first-order valence-corrected chi connectivity index (χ1v) is 11.5. The van der Waals surface area contributed by atoms with Gasteiger partial charge in [-0.1, -0.05) is 29.8 Å². The highest BCUT2D eigenvalue weighted by atomic mass is 32.2. The lowest BCUT2D eigenvalue weighted by Crippen LogP contribution is -2.26. The maximum Gasteiger partial charge on any atom is 0.271 e. The number of nitrogens with zero attached hydrogens (tertiary/aromatic N) is 2. The third kappa shape index (κ3) is 5.97. The van der Waals surface area contributed by atoms with Crippen LogP contribution in [0.2, 0.25) is 0 Å². The molecule has 3 rings (SSSR count). The molecule has 0 bridgehead atoms. The normalized spacial score (nSPS) is 11.6. The number of carbonyl (C=O) groups is 1. The first-order chi connectivity index (χ1) is 15.7. The summed E-state index contributed by atoms with van der Waals surface area (Å²) >= 11 is 0. The van der Waals surface area contributed by atoms with Crippen molar-refractivity contribution >= 4 is 22.1 Å². The minimum absolute atomic E-state index is 0.0103. The fourth-order valence-electron chi connectivity index (χ4n) is 3.00. The first-order valence-electron chi connectivity index (χ1n) is 10.0. The van der Waals surface area contributed by atoms with Crippen molar-refractivity contribution < 1.29 is 23.1 Å². The van der Waals surface area contributed by atoms with E-state index in [1.165, 1.54) is 30.7 Å². The number of rotatable bonds is 8. The molecule has 33 heavy (non-hydrogen) atoms. The number of amides is 1. The van der Waals surface area contributed by atoms with E-state index >= 15 is 0 Å². The van der Waals surface area contributed by atoms with Crippen molar-refractivity contribution in [1.82, 2.24) is 9.73 Å². The van der Waals surface area contributed by atoms with E-state index in [9.17, 15) is 18.3 Å². The second kappa shape index (κ2) is 10.3. The van der Waals surface area contributed by atoms with E-state index in [4.69, 9.17) is 4.74 Å². The Morgan fingerprint density at radius 3 is 2.39 bits per heavy atom. The highest BCUT2D eigenvalue weighted by molar-refractivity contribution is 7.89. The molecule has 0 aliphatic carbocycles. The van der Waals surface area contributed by atoms with Crippen LogP contribution in [-0.4, -0.2) is 44.1 Å². The Balaban J connectivity index is 1.61. The second-order valence-electron chi connectivity index (χ2n) is 7.40. The molecule has 0 aliphatic heterocycles. The van der Waals surface area contributed by atoms with E-state index in [0.717, 1.165) is 11.1 Å². The van der Waals surface area contributed by atoms with Gasteiger partial charge >= 0.3 is 0 Å². The van der Waals surface area contributed by atoms with Crippen LogP contribution in [0.25, 0.3) is 0 Å². The topological polar surface area (TPSA) is 108 Å². The number of benzene rings is 3. The Kier molecular flexibility index (Phi) is 7.47. The number of methoxy groups -OCH3 is 1. The van der Waals surface area contributed by atoms with Gasteiger partial charge in [-0.25, -0.2) is 13.8 Å². The van der Waals surface area contributed by atoms with E-state index < -0.39 is 15.9 Å². The van der Waals surface area contributed by atoms with Gasteiger partial charge in [0.2, 0.25) is 10.0 Å². The van der Waals surface area contributed by atoms with Gasteiger partial charge in [-0.2, -0.15) is 9.41 Å². The average molecular weight is 468 g/mol. The summed E-state index contributed by atoms with van der Waals surface area (Å²) in [7, 11) is -0.658. The van der Waals surface area contributed by atoms with Crippen LogP contribution < -0.4 is 10.2 Å². The maximum atomic E-state index is 12.7. The van der Waals surface area contributed by atoms with E-state index in [0.29, 0.717) is 16.9 Å². The van der Waals surface area contributed by atoms with Gasteiger partial charge in [0, 0.05) is 19.2 Å². The lowest BCUT2D eigenvalue weighted by molar-refractivity contribution is 0.0955. The van der Waals surface area contributed by atoms with Crippen LogP contribution in [0.4, 0.5) is 0 Å². The Morgan fingerprint density at radius 1 is 1.09 bits per heavy atom. The van der Waals surface area contributed by atoms with Crippen molar-refractivity contribution in [2.75, 3.05) is 14.2 Å². The third-order valence-corrected chi connectivity index (χ3v) is 6.75. The molecule has 0 radical (unpaired) electrons. The summed E-state index contributed by atoms with van der Waals surface area (Å²) in [5, 5.41) is 13.5. The predicted molar refractivity (Wildman–Crippen MR) is 126 cm³/mol. The number of carbonyl (C=O) groups excluding carboxylic acids is 1. The number of aryl methyl sites for hydroxylation is 1. The summed E-state index contributed by atoms with van der Waals surface area (Å²) in [6.45, 7) is 2.06. The highest BCUT2D eigenvalue weighted by Gasteiger charge is 2.20. The summed E-state index contributed by atoms with van der Waals surface area (Å²) in [5.41, 5.74) is 5.17. The number of phenols is 1. The van der Waals surface area contributed by atoms with E-state index in [2.05, 4.69) is 10.5 Å². The van der Waals surface area contributed by atoms with Crippen molar-refractivity contribution in [1.29, 1.82) is 0 Å². The summed E-state index contributed by atoms with van der Waals surface area (Å²) in [6.07, 6.45) is 1.43. The number of hydrazone groups is 1. The number of ether oxygens (including phenoxy) is 1. The van der Waals surface area contributed by atoms with Gasteiger partial charge in [0.15, 0.2) is 11.5 Å². The minimum atomic E-state index is -3.62. The van der Waals surface area contributed by atoms with Crippen molar-refractivity contribution in [3.05, 3.63) is 89.0 Å². The van der Waals surface area contributed by atoms with Crippen LogP contribution in [0.15, 0.2) is 76.7 Å². The number of sulfonamides is 1. The number of hydrogen-bond donors (Lipinski definition) is 2. The van der Waals surface area contributed by atoms with E-state index in [1.54, 1.807) is 60.7 Å². The Bertz CT molecular complexity index is 1250. The van der Waals surface area contributed by atoms with E-state index in [-0.39, 0.29) is 17.2 Å². The van der Waals surface area contributed by atoms with Crippen molar-refractivity contribution in [3.63, 3.8) is 0 Å². The molecule has 3 aromatic rings. The van der Waals surface area contributed by atoms with Gasteiger partial charge in [0.1, 0.15) is 0 Å². The van der Waals surface area contributed by atoms with Gasteiger partial charge in [0.25, 0.3) is 5.91 Å². The molecule has 3 aromatic carbocycles. The molecule has 0 aromatic heterocycles. The van der Waals surface area contributed by atoms with Gasteiger partial charge < -0.3 is 9.84 Å². The predicted octanol–water partition coefficient (Wildman–Crippen LogP) is 3.29. The second-order valence-corrected chi connectivity index (χ2v) is 9.45. The molecule has 2 N–H and O–H groups in total. The molecule has 0 fully saturated rings. The molecule has 0 atom stereocenters.